The highest BCUT2D eigenvalue weighted by Crippen LogP contribution is 2.41. The van der Waals surface area contributed by atoms with Gasteiger partial charge in [0.25, 0.3) is 0 Å². The third kappa shape index (κ3) is 2.98. The van der Waals surface area contributed by atoms with Crippen molar-refractivity contribution in [3.63, 3.8) is 0 Å². The second-order valence-electron chi connectivity index (χ2n) is 7.08. The fourth-order valence-corrected chi connectivity index (χ4v) is 3.61. The van der Waals surface area contributed by atoms with E-state index in [1.807, 2.05) is 13.8 Å². The average molecular weight is 344 g/mol. The second-order valence-corrected chi connectivity index (χ2v) is 7.08. The molecule has 1 aromatic rings. The third-order valence-electron chi connectivity index (χ3n) is 4.77. The standard InChI is InChI=1S/C16H23F3N4O/c1-9(2)15(24)22-6-4-5-12(22)11-8-14-20-10(3)7-13(16(17,18)19)23(14)21-11/h8-10,12-13,20H,4-7H2,1-3H3/t10-,12?,13-/m1/s1. The second kappa shape index (κ2) is 5.97. The Morgan fingerprint density at radius 3 is 2.75 bits per heavy atom. The first-order chi connectivity index (χ1) is 11.2. The van der Waals surface area contributed by atoms with Crippen molar-refractivity contribution in [3.8, 4) is 0 Å². The van der Waals surface area contributed by atoms with E-state index in [2.05, 4.69) is 10.4 Å². The van der Waals surface area contributed by atoms with Crippen molar-refractivity contribution < 1.29 is 18.0 Å². The number of aromatic nitrogens is 2. The van der Waals surface area contributed by atoms with Crippen LogP contribution in [0.15, 0.2) is 6.07 Å². The molecule has 134 valence electrons. The lowest BCUT2D eigenvalue weighted by atomic mass is 10.1. The summed E-state index contributed by atoms with van der Waals surface area (Å²) in [5.74, 6) is 0.274. The molecule has 3 atom stereocenters. The predicted molar refractivity (Wildman–Crippen MR) is 83.5 cm³/mol. The van der Waals surface area contributed by atoms with Crippen molar-refractivity contribution in [2.24, 2.45) is 5.92 Å². The Morgan fingerprint density at radius 1 is 1.42 bits per heavy atom. The fourth-order valence-electron chi connectivity index (χ4n) is 3.61. The average Bonchev–Trinajstić information content (AvgIpc) is 3.09. The molecule has 2 aliphatic rings. The molecule has 2 aliphatic heterocycles. The first-order valence-electron chi connectivity index (χ1n) is 8.41. The molecule has 0 aliphatic carbocycles. The summed E-state index contributed by atoms with van der Waals surface area (Å²) >= 11 is 0. The van der Waals surface area contributed by atoms with Crippen molar-refractivity contribution in [2.45, 2.75) is 64.3 Å². The van der Waals surface area contributed by atoms with E-state index in [-0.39, 0.29) is 30.3 Å². The number of carbonyl (C=O) groups excluding carboxylic acids is 1. The van der Waals surface area contributed by atoms with Gasteiger partial charge in [-0.15, -0.1) is 0 Å². The van der Waals surface area contributed by atoms with E-state index in [1.165, 1.54) is 0 Å². The number of hydrogen-bond acceptors (Lipinski definition) is 3. The van der Waals surface area contributed by atoms with Crippen LogP contribution in [0.5, 0.6) is 0 Å². The number of rotatable bonds is 2. The van der Waals surface area contributed by atoms with Crippen LogP contribution in [-0.4, -0.2) is 39.4 Å². The van der Waals surface area contributed by atoms with Crippen LogP contribution < -0.4 is 5.32 Å². The van der Waals surface area contributed by atoms with Gasteiger partial charge in [0.2, 0.25) is 5.91 Å². The monoisotopic (exact) mass is 344 g/mol. The van der Waals surface area contributed by atoms with Gasteiger partial charge in [-0.05, 0) is 26.2 Å². The Balaban J connectivity index is 1.93. The minimum atomic E-state index is -4.34. The number of hydrogen-bond donors (Lipinski definition) is 1. The highest BCUT2D eigenvalue weighted by molar-refractivity contribution is 5.78. The molecular formula is C16H23F3N4O. The van der Waals surface area contributed by atoms with E-state index < -0.39 is 12.2 Å². The number of alkyl halides is 3. The molecule has 0 aromatic carbocycles. The molecule has 24 heavy (non-hydrogen) atoms. The summed E-state index contributed by atoms with van der Waals surface area (Å²) in [6.45, 7) is 6.03. The van der Waals surface area contributed by atoms with Crippen LogP contribution >= 0.6 is 0 Å². The molecule has 0 radical (unpaired) electrons. The van der Waals surface area contributed by atoms with Gasteiger partial charge in [0.15, 0.2) is 6.04 Å². The summed E-state index contributed by atoms with van der Waals surface area (Å²) in [5.41, 5.74) is 0.548. The highest BCUT2D eigenvalue weighted by atomic mass is 19.4. The Kier molecular flexibility index (Phi) is 4.25. The molecule has 1 unspecified atom stereocenters. The van der Waals surface area contributed by atoms with Gasteiger partial charge in [0.1, 0.15) is 5.82 Å². The zero-order chi connectivity index (χ0) is 17.6. The molecule has 1 saturated heterocycles. The number of carbonyl (C=O) groups is 1. The van der Waals surface area contributed by atoms with E-state index >= 15 is 0 Å². The van der Waals surface area contributed by atoms with Gasteiger partial charge < -0.3 is 10.2 Å². The van der Waals surface area contributed by atoms with Crippen LogP contribution in [0, 0.1) is 5.92 Å². The van der Waals surface area contributed by atoms with Gasteiger partial charge >= 0.3 is 6.18 Å². The lowest BCUT2D eigenvalue weighted by Gasteiger charge is -2.31. The normalized spacial score (nSPS) is 27.3. The third-order valence-corrected chi connectivity index (χ3v) is 4.77. The summed E-state index contributed by atoms with van der Waals surface area (Å²) in [7, 11) is 0. The molecule has 1 amide bonds. The number of fused-ring (bicyclic) bond motifs is 1. The van der Waals surface area contributed by atoms with Crippen LogP contribution in [0.25, 0.3) is 0 Å². The van der Waals surface area contributed by atoms with E-state index in [0.29, 0.717) is 18.1 Å². The topological polar surface area (TPSA) is 50.2 Å². The maximum absolute atomic E-state index is 13.3. The first-order valence-corrected chi connectivity index (χ1v) is 8.41. The van der Waals surface area contributed by atoms with Crippen LogP contribution in [0.4, 0.5) is 19.0 Å². The van der Waals surface area contributed by atoms with Crippen LogP contribution in [-0.2, 0) is 4.79 Å². The molecule has 1 fully saturated rings. The maximum Gasteiger partial charge on any atom is 0.410 e. The molecule has 3 rings (SSSR count). The molecule has 0 spiro atoms. The number of halogens is 3. The summed E-state index contributed by atoms with van der Waals surface area (Å²) in [6, 6.07) is -0.451. The van der Waals surface area contributed by atoms with E-state index in [0.717, 1.165) is 17.5 Å². The van der Waals surface area contributed by atoms with Gasteiger partial charge in [-0.2, -0.15) is 18.3 Å². The minimum Gasteiger partial charge on any atom is -0.368 e. The molecule has 0 bridgehead atoms. The summed E-state index contributed by atoms with van der Waals surface area (Å²) < 4.78 is 41.1. The minimum absolute atomic E-state index is 0.0252. The van der Waals surface area contributed by atoms with Gasteiger partial charge in [-0.3, -0.25) is 4.79 Å². The van der Waals surface area contributed by atoms with E-state index in [9.17, 15) is 18.0 Å². The smallest absolute Gasteiger partial charge is 0.368 e. The number of amides is 1. The predicted octanol–water partition coefficient (Wildman–Crippen LogP) is 3.51. The Morgan fingerprint density at radius 2 is 2.12 bits per heavy atom. The van der Waals surface area contributed by atoms with Crippen molar-refractivity contribution in [3.05, 3.63) is 11.8 Å². The summed E-state index contributed by atoms with van der Waals surface area (Å²) in [5, 5.41) is 7.32. The molecule has 1 aromatic heterocycles. The Hall–Kier alpha value is -1.73. The van der Waals surface area contributed by atoms with Crippen LogP contribution in [0.1, 0.15) is 57.8 Å². The zero-order valence-corrected chi connectivity index (χ0v) is 14.1. The maximum atomic E-state index is 13.3. The summed E-state index contributed by atoms with van der Waals surface area (Å²) in [6.07, 6.45) is -2.80. The lowest BCUT2D eigenvalue weighted by molar-refractivity contribution is -0.173. The zero-order valence-electron chi connectivity index (χ0n) is 14.1. The number of nitrogens with zero attached hydrogens (tertiary/aromatic N) is 3. The SMILES string of the molecule is CC(C)C(=O)N1CCCC1c1cc2n(n1)[C@@H](C(F)(F)F)C[C@@H](C)N2. The number of nitrogens with one attached hydrogen (secondary N) is 1. The van der Waals surface area contributed by atoms with Gasteiger partial charge in [0, 0.05) is 24.6 Å². The van der Waals surface area contributed by atoms with Crippen molar-refractivity contribution >= 4 is 11.7 Å². The van der Waals surface area contributed by atoms with Crippen molar-refractivity contribution in [1.29, 1.82) is 0 Å². The van der Waals surface area contributed by atoms with Crippen LogP contribution in [0.3, 0.4) is 0 Å². The molecule has 3 heterocycles. The molecule has 8 heteroatoms. The largest absolute Gasteiger partial charge is 0.410 e. The number of likely N-dealkylation sites (tertiary alicyclic amines) is 1. The van der Waals surface area contributed by atoms with Gasteiger partial charge in [-0.1, -0.05) is 13.8 Å². The fraction of sp³-hybridized carbons (Fsp3) is 0.750. The number of anilines is 1. The molecule has 1 N–H and O–H groups in total. The van der Waals surface area contributed by atoms with Gasteiger partial charge in [0.05, 0.1) is 11.7 Å². The van der Waals surface area contributed by atoms with Crippen molar-refractivity contribution in [1.82, 2.24) is 14.7 Å². The Labute approximate surface area is 139 Å². The molecular weight excluding hydrogens is 321 g/mol. The quantitative estimate of drug-likeness (QED) is 0.893. The molecule has 0 saturated carbocycles. The molecule has 5 nitrogen and oxygen atoms in total. The van der Waals surface area contributed by atoms with E-state index in [1.54, 1.807) is 17.9 Å². The Bertz CT molecular complexity index is 625. The van der Waals surface area contributed by atoms with Gasteiger partial charge in [-0.25, -0.2) is 4.68 Å². The van der Waals surface area contributed by atoms with Crippen molar-refractivity contribution in [2.75, 3.05) is 11.9 Å². The summed E-state index contributed by atoms with van der Waals surface area (Å²) in [4.78, 5) is 14.1. The van der Waals surface area contributed by atoms with Crippen LogP contribution in [0.2, 0.25) is 0 Å². The highest BCUT2D eigenvalue weighted by Gasteiger charge is 2.46. The first kappa shape index (κ1) is 17.1. The van der Waals surface area contributed by atoms with E-state index in [4.69, 9.17) is 0 Å². The lowest BCUT2D eigenvalue weighted by Crippen LogP contribution is -2.38.